The van der Waals surface area contributed by atoms with Crippen LogP contribution in [0.3, 0.4) is 0 Å². The fourth-order valence-electron chi connectivity index (χ4n) is 3.10. The van der Waals surface area contributed by atoms with E-state index in [0.717, 1.165) is 0 Å². The fraction of sp³-hybridized carbons (Fsp3) is 0.833. The van der Waals surface area contributed by atoms with E-state index in [0.29, 0.717) is 5.41 Å². The lowest BCUT2D eigenvalue weighted by atomic mass is 9.92. The molecule has 0 aromatic heterocycles. The van der Waals surface area contributed by atoms with Gasteiger partial charge in [-0.3, -0.25) is 0 Å². The van der Waals surface area contributed by atoms with Crippen LogP contribution in [0.15, 0.2) is 11.1 Å². The van der Waals surface area contributed by atoms with Gasteiger partial charge in [0, 0.05) is 5.41 Å². The fourth-order valence-corrected chi connectivity index (χ4v) is 3.10. The maximum absolute atomic E-state index is 2.37. The maximum Gasteiger partial charge on any atom is 0.0124 e. The molecule has 0 spiro atoms. The summed E-state index contributed by atoms with van der Waals surface area (Å²) in [5.74, 6) is 0. The van der Waals surface area contributed by atoms with E-state index >= 15 is 0 Å². The summed E-state index contributed by atoms with van der Waals surface area (Å²) >= 11 is 0. The Morgan fingerprint density at radius 2 is 2.17 bits per heavy atom. The third-order valence-electron chi connectivity index (χ3n) is 3.87. The van der Waals surface area contributed by atoms with E-state index in [4.69, 9.17) is 0 Å². The molecule has 0 nitrogen and oxygen atoms in total. The van der Waals surface area contributed by atoms with E-state index in [1.165, 1.54) is 44.9 Å². The van der Waals surface area contributed by atoms with Crippen molar-refractivity contribution in [1.29, 1.82) is 0 Å². The van der Waals surface area contributed by atoms with Gasteiger partial charge in [-0.05, 0) is 38.5 Å². The number of hydrogen-bond acceptors (Lipinski definition) is 0. The van der Waals surface area contributed by atoms with Crippen LogP contribution in [0.25, 0.3) is 0 Å². The average Bonchev–Trinajstić information content (AvgIpc) is 2.53. The molecule has 2 aliphatic rings. The number of unbranched alkanes of at least 4 members (excludes halogenated alkanes) is 1. The molecule has 0 amide bonds. The maximum atomic E-state index is 2.37. The Kier molecular flexibility index (Phi) is 2.02. The van der Waals surface area contributed by atoms with E-state index in [1.807, 2.05) is 11.1 Å². The second-order valence-corrected chi connectivity index (χ2v) is 4.35. The highest BCUT2D eigenvalue weighted by molar-refractivity contribution is 5.51. The van der Waals surface area contributed by atoms with E-state index in [-0.39, 0.29) is 0 Å². The second-order valence-electron chi connectivity index (χ2n) is 4.35. The number of allylic oxidation sites excluding steroid dienone is 2. The van der Waals surface area contributed by atoms with Gasteiger partial charge in [0.1, 0.15) is 0 Å². The molecule has 1 fully saturated rings. The highest BCUT2D eigenvalue weighted by Crippen LogP contribution is 2.66. The quantitative estimate of drug-likeness (QED) is 0.549. The summed E-state index contributed by atoms with van der Waals surface area (Å²) in [7, 11) is 0. The van der Waals surface area contributed by atoms with Crippen LogP contribution < -0.4 is 0 Å². The molecule has 0 heterocycles. The first-order chi connectivity index (χ1) is 5.85. The largest absolute Gasteiger partial charge is 0.0654 e. The minimum atomic E-state index is 0.704. The van der Waals surface area contributed by atoms with Crippen molar-refractivity contribution in [2.75, 3.05) is 0 Å². The predicted molar refractivity (Wildman–Crippen MR) is 53.1 cm³/mol. The van der Waals surface area contributed by atoms with Gasteiger partial charge in [-0.25, -0.2) is 0 Å². The first-order valence-electron chi connectivity index (χ1n) is 5.58. The molecular weight excluding hydrogens is 144 g/mol. The van der Waals surface area contributed by atoms with Crippen LogP contribution in [0, 0.1) is 5.41 Å². The first kappa shape index (κ1) is 8.34. The van der Waals surface area contributed by atoms with Gasteiger partial charge in [-0.2, -0.15) is 0 Å². The van der Waals surface area contributed by atoms with Gasteiger partial charge in [0.2, 0.25) is 0 Å². The molecule has 2 aliphatic carbocycles. The summed E-state index contributed by atoms with van der Waals surface area (Å²) in [6, 6.07) is 0. The van der Waals surface area contributed by atoms with Gasteiger partial charge in [0.25, 0.3) is 0 Å². The van der Waals surface area contributed by atoms with Crippen molar-refractivity contribution in [3.05, 3.63) is 11.1 Å². The zero-order chi connectivity index (χ0) is 8.60. The van der Waals surface area contributed by atoms with Crippen molar-refractivity contribution in [3.63, 3.8) is 0 Å². The number of hydrogen-bond donors (Lipinski definition) is 0. The lowest BCUT2D eigenvalue weighted by Crippen LogP contribution is -2.01. The lowest BCUT2D eigenvalue weighted by molar-refractivity contribution is 0.492. The Hall–Kier alpha value is -0.260. The van der Waals surface area contributed by atoms with Crippen molar-refractivity contribution in [1.82, 2.24) is 0 Å². The molecule has 1 saturated carbocycles. The Labute approximate surface area is 76.1 Å². The van der Waals surface area contributed by atoms with Gasteiger partial charge in [0.15, 0.2) is 0 Å². The van der Waals surface area contributed by atoms with Crippen molar-refractivity contribution in [2.24, 2.45) is 5.41 Å². The van der Waals surface area contributed by atoms with Gasteiger partial charge in [0.05, 0.1) is 0 Å². The van der Waals surface area contributed by atoms with Gasteiger partial charge in [-0.15, -0.1) is 0 Å². The minimum absolute atomic E-state index is 0.704. The molecule has 0 radical (unpaired) electrons. The topological polar surface area (TPSA) is 0 Å². The van der Waals surface area contributed by atoms with E-state index < -0.39 is 0 Å². The van der Waals surface area contributed by atoms with Crippen LogP contribution in [-0.2, 0) is 0 Å². The summed E-state index contributed by atoms with van der Waals surface area (Å²) in [5, 5.41) is 0. The first-order valence-corrected chi connectivity index (χ1v) is 5.58. The summed E-state index contributed by atoms with van der Waals surface area (Å²) in [5.41, 5.74) is 4.45. The zero-order valence-corrected chi connectivity index (χ0v) is 8.45. The summed E-state index contributed by atoms with van der Waals surface area (Å²) in [6.45, 7) is 4.66. The summed E-state index contributed by atoms with van der Waals surface area (Å²) in [6.07, 6.45) is 9.97. The predicted octanol–water partition coefficient (Wildman–Crippen LogP) is 4.07. The lowest BCUT2D eigenvalue weighted by Gasteiger charge is -2.12. The van der Waals surface area contributed by atoms with Crippen LogP contribution in [-0.4, -0.2) is 0 Å². The van der Waals surface area contributed by atoms with Crippen LogP contribution in [0.4, 0.5) is 0 Å². The molecule has 0 aromatic rings. The van der Waals surface area contributed by atoms with Gasteiger partial charge < -0.3 is 0 Å². The van der Waals surface area contributed by atoms with Crippen molar-refractivity contribution >= 4 is 0 Å². The zero-order valence-electron chi connectivity index (χ0n) is 8.45. The monoisotopic (exact) mass is 164 g/mol. The van der Waals surface area contributed by atoms with Crippen LogP contribution in [0.5, 0.6) is 0 Å². The van der Waals surface area contributed by atoms with E-state index in [9.17, 15) is 0 Å². The van der Waals surface area contributed by atoms with Crippen LogP contribution >= 0.6 is 0 Å². The Bertz CT molecular complexity index is 212. The van der Waals surface area contributed by atoms with Crippen LogP contribution in [0.1, 0.15) is 58.8 Å². The normalized spacial score (nSPS) is 32.5. The SMILES string of the molecule is CCCCC1=C2CCCC12CC. The highest BCUT2D eigenvalue weighted by Gasteiger charge is 2.52. The summed E-state index contributed by atoms with van der Waals surface area (Å²) < 4.78 is 0. The molecule has 0 bridgehead atoms. The van der Waals surface area contributed by atoms with Crippen molar-refractivity contribution < 1.29 is 0 Å². The van der Waals surface area contributed by atoms with E-state index in [1.54, 1.807) is 0 Å². The Balaban J connectivity index is 1.96. The molecule has 1 atom stereocenters. The standard InChI is InChI=1S/C12H20/c1-3-5-7-10-11-8-6-9-12(10,11)4-2/h3-9H2,1-2H3. The highest BCUT2D eigenvalue weighted by atomic mass is 14.6. The second kappa shape index (κ2) is 2.90. The summed E-state index contributed by atoms with van der Waals surface area (Å²) in [4.78, 5) is 0. The molecule has 12 heavy (non-hydrogen) atoms. The molecule has 0 aromatic carbocycles. The third-order valence-corrected chi connectivity index (χ3v) is 3.87. The molecule has 0 heteroatoms. The van der Waals surface area contributed by atoms with Crippen molar-refractivity contribution in [3.8, 4) is 0 Å². The average molecular weight is 164 g/mol. The molecule has 0 saturated heterocycles. The number of fused-ring (bicyclic) bond motifs is 1. The molecule has 1 unspecified atom stereocenters. The smallest absolute Gasteiger partial charge is 0.0124 e. The third kappa shape index (κ3) is 0.967. The molecule has 2 rings (SSSR count). The van der Waals surface area contributed by atoms with E-state index in [2.05, 4.69) is 13.8 Å². The Morgan fingerprint density at radius 3 is 2.75 bits per heavy atom. The molecular formula is C12H20. The Morgan fingerprint density at radius 1 is 1.33 bits per heavy atom. The molecule has 0 N–H and O–H groups in total. The molecule has 0 aliphatic heterocycles. The van der Waals surface area contributed by atoms with Gasteiger partial charge >= 0.3 is 0 Å². The minimum Gasteiger partial charge on any atom is -0.0654 e. The van der Waals surface area contributed by atoms with Gasteiger partial charge in [-0.1, -0.05) is 31.4 Å². The number of rotatable bonds is 4. The van der Waals surface area contributed by atoms with Crippen molar-refractivity contribution in [2.45, 2.75) is 58.8 Å². The molecule has 68 valence electrons. The van der Waals surface area contributed by atoms with Crippen LogP contribution in [0.2, 0.25) is 0 Å².